The van der Waals surface area contributed by atoms with E-state index in [1.54, 1.807) is 0 Å². The topological polar surface area (TPSA) is 51.2 Å². The first kappa shape index (κ1) is 26.0. The Balaban J connectivity index is 2.43. The Bertz CT molecular complexity index is 1270. The first-order valence-electron chi connectivity index (χ1n) is 9.17. The highest BCUT2D eigenvalue weighted by atomic mass is 35.5. The van der Waals surface area contributed by atoms with Gasteiger partial charge in [-0.2, -0.15) is 26.3 Å². The zero-order valence-electron chi connectivity index (χ0n) is 16.5. The van der Waals surface area contributed by atoms with Crippen molar-refractivity contribution in [2.75, 3.05) is 0 Å². The van der Waals surface area contributed by atoms with Gasteiger partial charge in [-0.3, -0.25) is 9.59 Å². The van der Waals surface area contributed by atoms with Gasteiger partial charge in [-0.25, -0.2) is 0 Å². The van der Waals surface area contributed by atoms with E-state index >= 15 is 0 Å². The molecule has 3 nitrogen and oxygen atoms in total. The van der Waals surface area contributed by atoms with Gasteiger partial charge in [-0.15, -0.1) is 0 Å². The summed E-state index contributed by atoms with van der Waals surface area (Å²) in [6, 6.07) is 10.3. The van der Waals surface area contributed by atoms with Crippen LogP contribution in [0, 0.1) is 0 Å². The molecule has 3 aromatic carbocycles. The number of benzene rings is 3. The molecule has 0 radical (unpaired) electrons. The van der Waals surface area contributed by atoms with Gasteiger partial charge in [0.2, 0.25) is 18.2 Å². The van der Waals surface area contributed by atoms with E-state index in [1.165, 1.54) is 24.3 Å². The van der Waals surface area contributed by atoms with Crippen molar-refractivity contribution in [3.8, 4) is 0 Å². The number of halogens is 8. The molecule has 0 aromatic heterocycles. The first-order valence-corrected chi connectivity index (χ1v) is 11.6. The van der Waals surface area contributed by atoms with Gasteiger partial charge in [0, 0.05) is 5.30 Å². The molecule has 0 N–H and O–H groups in total. The predicted molar refractivity (Wildman–Crippen MR) is 115 cm³/mol. The standard InChI is InChI=1S/C22H11Cl2F6O3P/c23-15-10-5-11-16(24)18(15)20(32)34(33,12-6-2-1-3-7-12)19(31)17-13(21(25,26)27)8-4-9-14(17)22(28,29)30/h1-11H. The Hall–Kier alpha value is -2.61. The van der Waals surface area contributed by atoms with E-state index in [-0.39, 0.29) is 22.2 Å². The summed E-state index contributed by atoms with van der Waals surface area (Å²) in [4.78, 5) is 26.9. The molecule has 34 heavy (non-hydrogen) atoms. The summed E-state index contributed by atoms with van der Waals surface area (Å²) in [6.07, 6.45) is -10.9. The monoisotopic (exact) mass is 538 g/mol. The normalized spacial score (nSPS) is 13.9. The number of alkyl halides is 6. The molecule has 3 aromatic rings. The summed E-state index contributed by atoms with van der Waals surface area (Å²) in [5.41, 5.74) is -10.3. The lowest BCUT2D eigenvalue weighted by atomic mass is 10.0. The Morgan fingerprint density at radius 1 is 0.618 bits per heavy atom. The second-order valence-corrected chi connectivity index (χ2v) is 10.2. The van der Waals surface area contributed by atoms with Crippen LogP contribution >= 0.6 is 30.3 Å². The van der Waals surface area contributed by atoms with Gasteiger partial charge in [0.1, 0.15) is 0 Å². The molecule has 0 saturated heterocycles. The van der Waals surface area contributed by atoms with Crippen molar-refractivity contribution in [1.29, 1.82) is 0 Å². The fraction of sp³-hybridized carbons (Fsp3) is 0.0909. The maximum Gasteiger partial charge on any atom is 0.417 e. The van der Waals surface area contributed by atoms with Gasteiger partial charge in [0.25, 0.3) is 0 Å². The van der Waals surface area contributed by atoms with Gasteiger partial charge in [0.05, 0.1) is 32.3 Å². The van der Waals surface area contributed by atoms with Crippen LogP contribution in [0.1, 0.15) is 31.8 Å². The molecule has 0 aliphatic carbocycles. The second-order valence-electron chi connectivity index (χ2n) is 6.88. The van der Waals surface area contributed by atoms with Crippen molar-refractivity contribution < 1.29 is 40.5 Å². The maximum absolute atomic E-state index is 14.1. The Labute approximate surface area is 198 Å². The molecule has 0 heterocycles. The van der Waals surface area contributed by atoms with Gasteiger partial charge in [-0.1, -0.05) is 65.7 Å². The van der Waals surface area contributed by atoms with Crippen LogP contribution in [-0.2, 0) is 16.9 Å². The summed E-state index contributed by atoms with van der Waals surface area (Å²) < 4.78 is 96.2. The maximum atomic E-state index is 14.1. The van der Waals surface area contributed by atoms with Crippen LogP contribution in [-0.4, -0.2) is 11.0 Å². The van der Waals surface area contributed by atoms with Crippen LogP contribution in [0.3, 0.4) is 0 Å². The largest absolute Gasteiger partial charge is 0.417 e. The minimum atomic E-state index is -5.43. The smallest absolute Gasteiger partial charge is 0.302 e. The van der Waals surface area contributed by atoms with Crippen LogP contribution in [0.4, 0.5) is 26.3 Å². The van der Waals surface area contributed by atoms with Crippen molar-refractivity contribution in [3.63, 3.8) is 0 Å². The molecular weight excluding hydrogens is 528 g/mol. The van der Waals surface area contributed by atoms with E-state index in [9.17, 15) is 40.5 Å². The average molecular weight is 539 g/mol. The van der Waals surface area contributed by atoms with Gasteiger partial charge in [0.15, 0.2) is 0 Å². The first-order chi connectivity index (χ1) is 15.7. The third-order valence-corrected chi connectivity index (χ3v) is 8.00. The molecule has 0 saturated carbocycles. The molecule has 0 spiro atoms. The highest BCUT2D eigenvalue weighted by molar-refractivity contribution is 8.01. The van der Waals surface area contributed by atoms with Gasteiger partial charge in [-0.05, 0) is 24.3 Å². The van der Waals surface area contributed by atoms with E-state index in [0.29, 0.717) is 6.07 Å². The van der Waals surface area contributed by atoms with Crippen molar-refractivity contribution in [1.82, 2.24) is 0 Å². The Morgan fingerprint density at radius 3 is 1.47 bits per heavy atom. The van der Waals surface area contributed by atoms with Crippen LogP contribution in [0.5, 0.6) is 0 Å². The predicted octanol–water partition coefficient (Wildman–Crippen LogP) is 7.70. The molecule has 0 aliphatic heterocycles. The summed E-state index contributed by atoms with van der Waals surface area (Å²) >= 11 is 12.0. The summed E-state index contributed by atoms with van der Waals surface area (Å²) in [6.45, 7) is 0. The van der Waals surface area contributed by atoms with E-state index < -0.39 is 58.1 Å². The lowest BCUT2D eigenvalue weighted by Gasteiger charge is -2.22. The minimum Gasteiger partial charge on any atom is -0.302 e. The van der Waals surface area contributed by atoms with Crippen LogP contribution < -0.4 is 5.30 Å². The highest BCUT2D eigenvalue weighted by Gasteiger charge is 2.51. The van der Waals surface area contributed by atoms with Crippen LogP contribution in [0.15, 0.2) is 66.7 Å². The van der Waals surface area contributed by atoms with E-state index in [2.05, 4.69) is 0 Å². The number of hydrogen-bond donors (Lipinski definition) is 0. The van der Waals surface area contributed by atoms with E-state index in [0.717, 1.165) is 24.3 Å². The molecule has 0 amide bonds. The third kappa shape index (κ3) is 4.65. The van der Waals surface area contributed by atoms with Crippen molar-refractivity contribution in [2.24, 2.45) is 0 Å². The van der Waals surface area contributed by atoms with Crippen molar-refractivity contribution in [3.05, 3.63) is 99.0 Å². The molecule has 3 rings (SSSR count). The highest BCUT2D eigenvalue weighted by Crippen LogP contribution is 2.55. The number of carbonyl (C=O) groups excluding carboxylic acids is 2. The fourth-order valence-corrected chi connectivity index (χ4v) is 6.29. The van der Waals surface area contributed by atoms with Crippen molar-refractivity contribution >= 4 is 46.7 Å². The van der Waals surface area contributed by atoms with E-state index in [4.69, 9.17) is 23.2 Å². The Kier molecular flexibility index (Phi) is 7.04. The summed E-state index contributed by atoms with van der Waals surface area (Å²) in [7, 11) is -5.39. The quantitative estimate of drug-likeness (QED) is 0.247. The van der Waals surface area contributed by atoms with Gasteiger partial charge < -0.3 is 4.57 Å². The number of hydrogen-bond acceptors (Lipinski definition) is 3. The molecule has 178 valence electrons. The SMILES string of the molecule is O=C(c1c(Cl)cccc1Cl)P(=O)(C(=O)c1c(C(F)(F)F)cccc1C(F)(F)F)c1ccccc1. The number of carbonyl (C=O) groups is 2. The Morgan fingerprint density at radius 2 is 1.03 bits per heavy atom. The minimum absolute atomic E-state index is 0.241. The summed E-state index contributed by atoms with van der Waals surface area (Å²) in [5.74, 6) is 0. The third-order valence-electron chi connectivity index (χ3n) is 4.76. The van der Waals surface area contributed by atoms with E-state index in [1.807, 2.05) is 0 Å². The fourth-order valence-electron chi connectivity index (χ4n) is 3.24. The van der Waals surface area contributed by atoms with Crippen molar-refractivity contribution in [2.45, 2.75) is 12.4 Å². The molecule has 1 unspecified atom stereocenters. The molecular formula is C22H11Cl2F6O3P. The summed E-state index contributed by atoms with van der Waals surface area (Å²) in [5, 5.41) is -1.35. The second kappa shape index (κ2) is 9.21. The zero-order chi connectivity index (χ0) is 25.5. The molecule has 0 aliphatic rings. The molecule has 0 fully saturated rings. The zero-order valence-corrected chi connectivity index (χ0v) is 19.0. The lowest BCUT2D eigenvalue weighted by molar-refractivity contribution is -0.143. The average Bonchev–Trinajstić information content (AvgIpc) is 2.76. The van der Waals surface area contributed by atoms with Crippen LogP contribution in [0.2, 0.25) is 10.0 Å². The lowest BCUT2D eigenvalue weighted by Crippen LogP contribution is -2.26. The molecule has 0 bridgehead atoms. The van der Waals surface area contributed by atoms with Crippen LogP contribution in [0.25, 0.3) is 0 Å². The molecule has 12 heteroatoms. The number of rotatable bonds is 5. The molecule has 1 atom stereocenters. The van der Waals surface area contributed by atoms with Gasteiger partial charge >= 0.3 is 12.4 Å².